The van der Waals surface area contributed by atoms with Crippen molar-refractivity contribution in [3.05, 3.63) is 99.8 Å². The van der Waals surface area contributed by atoms with E-state index in [1.54, 1.807) is 12.3 Å². The molecule has 1 aliphatic heterocycles. The molecular weight excluding hydrogens is 637 g/mol. The number of aliphatic hydroxyl groups excluding tert-OH is 2. The first-order chi connectivity index (χ1) is 22.8. The fourth-order valence-corrected chi connectivity index (χ4v) is 6.68. The van der Waals surface area contributed by atoms with Crippen LogP contribution < -0.4 is 10.8 Å². The topological polar surface area (TPSA) is 147 Å². The summed E-state index contributed by atoms with van der Waals surface area (Å²) < 4.78 is 7.62. The maximum Gasteiger partial charge on any atom is 0.157 e. The monoisotopic (exact) mass is 665 g/mol. The average Bonchev–Trinajstić information content (AvgIpc) is 3.70. The molecule has 1 aliphatic rings. The van der Waals surface area contributed by atoms with Gasteiger partial charge in [-0.05, 0) is 42.3 Å². The number of anilines is 2. The van der Waals surface area contributed by atoms with Crippen molar-refractivity contribution >= 4 is 56.6 Å². The van der Waals surface area contributed by atoms with Crippen LogP contribution in [0.5, 0.6) is 0 Å². The first-order valence-electron chi connectivity index (χ1n) is 15.1. The highest BCUT2D eigenvalue weighted by Gasteiger charge is 2.21. The van der Waals surface area contributed by atoms with Gasteiger partial charge in [0, 0.05) is 66.8 Å². The Morgan fingerprint density at radius 1 is 1.06 bits per heavy atom. The summed E-state index contributed by atoms with van der Waals surface area (Å²) in [7, 11) is 0. The third-order valence-electron chi connectivity index (χ3n) is 8.38. The summed E-state index contributed by atoms with van der Waals surface area (Å²) in [6.07, 6.45) is 5.59. The normalized spacial score (nSPS) is 15.0. The van der Waals surface area contributed by atoms with Gasteiger partial charge < -0.3 is 24.5 Å². The molecule has 0 saturated carbocycles. The van der Waals surface area contributed by atoms with Gasteiger partial charge in [0.1, 0.15) is 28.4 Å². The lowest BCUT2D eigenvalue weighted by molar-refractivity contribution is 0.175. The molecule has 0 unspecified atom stereocenters. The van der Waals surface area contributed by atoms with Gasteiger partial charge in [-0.1, -0.05) is 47.5 Å². The predicted octanol–water partition coefficient (Wildman–Crippen LogP) is 6.47. The number of benzene rings is 2. The Morgan fingerprint density at radius 3 is 2.62 bits per heavy atom. The average molecular weight is 667 g/mol. The van der Waals surface area contributed by atoms with Gasteiger partial charge in [-0.3, -0.25) is 15.3 Å². The van der Waals surface area contributed by atoms with Crippen LogP contribution in [-0.2, 0) is 13.1 Å². The molecule has 7 rings (SSSR count). The van der Waals surface area contributed by atoms with Gasteiger partial charge in [-0.25, -0.2) is 4.98 Å². The summed E-state index contributed by atoms with van der Waals surface area (Å²) in [5, 5.41) is 43.2. The van der Waals surface area contributed by atoms with Crippen LogP contribution in [0, 0.1) is 16.7 Å². The van der Waals surface area contributed by atoms with E-state index in [-0.39, 0.29) is 35.9 Å². The lowest BCUT2D eigenvalue weighted by atomic mass is 10.0. The second kappa shape index (κ2) is 12.8. The van der Waals surface area contributed by atoms with E-state index in [0.717, 1.165) is 30.5 Å². The molecule has 1 fully saturated rings. The van der Waals surface area contributed by atoms with Crippen LogP contribution in [0.2, 0.25) is 10.0 Å². The smallest absolute Gasteiger partial charge is 0.157 e. The van der Waals surface area contributed by atoms with Gasteiger partial charge in [0.2, 0.25) is 0 Å². The Bertz CT molecular complexity index is 2260. The minimum Gasteiger partial charge on any atom is -0.454 e. The molecule has 0 amide bonds. The molecule has 10 nitrogen and oxygen atoms in total. The number of likely N-dealkylation sites (tertiary alicyclic amines) is 1. The molecule has 4 N–H and O–H groups in total. The Morgan fingerprint density at radius 2 is 1.85 bits per heavy atom. The van der Waals surface area contributed by atoms with Gasteiger partial charge in [0.15, 0.2) is 11.4 Å². The lowest BCUT2D eigenvalue weighted by Gasteiger charge is -2.16. The molecule has 6 aromatic rings. The summed E-state index contributed by atoms with van der Waals surface area (Å²) >= 11 is 14.0. The maximum absolute atomic E-state index is 9.88. The number of halogens is 2. The van der Waals surface area contributed by atoms with E-state index < -0.39 is 0 Å². The van der Waals surface area contributed by atoms with Crippen LogP contribution in [0.15, 0.2) is 77.6 Å². The van der Waals surface area contributed by atoms with E-state index in [4.69, 9.17) is 38.0 Å². The van der Waals surface area contributed by atoms with Crippen LogP contribution >= 0.6 is 23.2 Å². The zero-order chi connectivity index (χ0) is 32.7. The number of hydrogen-bond donors (Lipinski definition) is 4. The van der Waals surface area contributed by atoms with E-state index in [9.17, 15) is 15.5 Å². The standard InChI is InChI=1S/C35H29Cl2N7O3/c36-30-24(3-1-5-26(30)29-14-27-33(47-29)22(15-38)18-44(11-12-45)34(27)39)25-4-2-6-28(31(25)37)42-35-32-21(7-9-40-35)13-20(16-41-32)17-43-10-8-23(46)19-43/h1-7,9,13-14,16,18,23,39,45-46H,8,10-12,17,19H2,(H,40,42)/t23-/m1/s1. The van der Waals surface area contributed by atoms with Gasteiger partial charge in [0.05, 0.1) is 33.8 Å². The number of rotatable bonds is 8. The number of aromatic nitrogens is 3. The number of pyridine rings is 3. The molecule has 47 heavy (non-hydrogen) atoms. The Labute approximate surface area is 279 Å². The summed E-state index contributed by atoms with van der Waals surface area (Å²) in [6, 6.07) is 19.0. The van der Waals surface area contributed by atoms with Crippen molar-refractivity contribution in [3.63, 3.8) is 0 Å². The summed E-state index contributed by atoms with van der Waals surface area (Å²) in [6.45, 7) is 2.27. The molecule has 1 saturated heterocycles. The van der Waals surface area contributed by atoms with Crippen molar-refractivity contribution in [2.45, 2.75) is 25.6 Å². The quantitative estimate of drug-likeness (QED) is 0.145. The fraction of sp³-hybridized carbons (Fsp3) is 0.200. The van der Waals surface area contributed by atoms with E-state index in [2.05, 4.69) is 27.3 Å². The van der Waals surface area contributed by atoms with Crippen molar-refractivity contribution < 1.29 is 14.6 Å². The Balaban J connectivity index is 1.22. The van der Waals surface area contributed by atoms with Crippen LogP contribution in [0.1, 0.15) is 17.5 Å². The maximum atomic E-state index is 9.88. The third kappa shape index (κ3) is 5.84. The van der Waals surface area contributed by atoms with Gasteiger partial charge in [-0.15, -0.1) is 0 Å². The minimum atomic E-state index is -0.272. The minimum absolute atomic E-state index is 0.122. The predicted molar refractivity (Wildman–Crippen MR) is 181 cm³/mol. The van der Waals surface area contributed by atoms with Crippen molar-refractivity contribution in [2.75, 3.05) is 25.0 Å². The van der Waals surface area contributed by atoms with Crippen molar-refractivity contribution in [1.82, 2.24) is 19.4 Å². The molecule has 4 aromatic heterocycles. The Kier molecular flexibility index (Phi) is 8.40. The first-order valence-corrected chi connectivity index (χ1v) is 15.8. The number of nitriles is 1. The second-order valence-electron chi connectivity index (χ2n) is 11.5. The molecule has 0 radical (unpaired) electrons. The number of nitrogens with one attached hydrogen (secondary N) is 2. The molecule has 236 valence electrons. The van der Waals surface area contributed by atoms with Crippen molar-refractivity contribution in [2.24, 2.45) is 0 Å². The largest absolute Gasteiger partial charge is 0.454 e. The van der Waals surface area contributed by atoms with Crippen molar-refractivity contribution in [1.29, 1.82) is 10.7 Å². The van der Waals surface area contributed by atoms with Gasteiger partial charge in [0.25, 0.3) is 0 Å². The molecule has 1 atom stereocenters. The number of furan rings is 1. The van der Waals surface area contributed by atoms with Crippen LogP contribution in [0.3, 0.4) is 0 Å². The molecule has 12 heteroatoms. The molecular formula is C35H29Cl2N7O3. The van der Waals surface area contributed by atoms with Gasteiger partial charge >= 0.3 is 0 Å². The van der Waals surface area contributed by atoms with E-state index in [0.29, 0.717) is 61.4 Å². The number of hydrogen-bond acceptors (Lipinski definition) is 9. The first kappa shape index (κ1) is 30.9. The molecule has 0 bridgehead atoms. The summed E-state index contributed by atoms with van der Waals surface area (Å²) in [5.74, 6) is 0.958. The SMILES string of the molecule is N#Cc1cn(CCO)c(=N)c2cc(-c3cccc(-c4cccc(Nc5nccc6cc(CN7CC[C@@H](O)C7)cnc56)c4Cl)c3Cl)oc12. The molecule has 5 heterocycles. The number of nitrogens with zero attached hydrogens (tertiary/aromatic N) is 5. The van der Waals surface area contributed by atoms with Crippen LogP contribution in [0.25, 0.3) is 44.3 Å². The number of β-amino-alcohol motifs (C(OH)–C–C–N with tert-alkyl or cyclic N) is 1. The lowest BCUT2D eigenvalue weighted by Crippen LogP contribution is -2.21. The molecule has 2 aromatic carbocycles. The van der Waals surface area contributed by atoms with Crippen LogP contribution in [-0.4, -0.2) is 55.4 Å². The Hall–Kier alpha value is -4.76. The zero-order valence-corrected chi connectivity index (χ0v) is 26.6. The number of aliphatic hydroxyl groups is 2. The van der Waals surface area contributed by atoms with E-state index in [1.807, 2.05) is 48.7 Å². The van der Waals surface area contributed by atoms with E-state index >= 15 is 0 Å². The van der Waals surface area contributed by atoms with Crippen molar-refractivity contribution in [3.8, 4) is 28.5 Å². The van der Waals surface area contributed by atoms with Gasteiger partial charge in [-0.2, -0.15) is 5.26 Å². The molecule has 0 spiro atoms. The van der Waals surface area contributed by atoms with E-state index in [1.165, 1.54) is 10.8 Å². The third-order valence-corrected chi connectivity index (χ3v) is 9.20. The fourth-order valence-electron chi connectivity index (χ4n) is 6.09. The highest BCUT2D eigenvalue weighted by atomic mass is 35.5. The van der Waals surface area contributed by atoms with Crippen LogP contribution in [0.4, 0.5) is 11.5 Å². The zero-order valence-electron chi connectivity index (χ0n) is 25.0. The molecule has 0 aliphatic carbocycles. The second-order valence-corrected chi connectivity index (χ2v) is 12.2. The highest BCUT2D eigenvalue weighted by molar-refractivity contribution is 6.39. The summed E-state index contributed by atoms with van der Waals surface area (Å²) in [5.41, 5.74) is 4.97. The summed E-state index contributed by atoms with van der Waals surface area (Å²) in [4.78, 5) is 11.5. The highest BCUT2D eigenvalue weighted by Crippen LogP contribution is 2.43. The number of fused-ring (bicyclic) bond motifs is 2.